The van der Waals surface area contributed by atoms with Gasteiger partial charge in [0, 0.05) is 6.61 Å². The molecule has 0 heterocycles. The van der Waals surface area contributed by atoms with E-state index < -0.39 is 0 Å². The standard InChI is InChI=1S/C17H29NO/c1-6-16(19-7-2)17(18-5)15-10-8-9-14(12-15)11-13(3)4/h8-10,12-13,16-18H,6-7,11H2,1-5H3. The third kappa shape index (κ3) is 4.96. The average Bonchev–Trinajstić information content (AvgIpc) is 2.38. The number of hydrogen-bond acceptors (Lipinski definition) is 2. The fourth-order valence-electron chi connectivity index (χ4n) is 2.62. The lowest BCUT2D eigenvalue weighted by Gasteiger charge is -2.26. The minimum atomic E-state index is 0.240. The Morgan fingerprint density at radius 3 is 2.47 bits per heavy atom. The molecule has 0 spiro atoms. The largest absolute Gasteiger partial charge is 0.377 e. The molecular weight excluding hydrogens is 234 g/mol. The minimum absolute atomic E-state index is 0.240. The molecule has 2 nitrogen and oxygen atoms in total. The average molecular weight is 263 g/mol. The number of nitrogens with one attached hydrogen (secondary N) is 1. The monoisotopic (exact) mass is 263 g/mol. The topological polar surface area (TPSA) is 21.3 Å². The number of rotatable bonds is 8. The van der Waals surface area contributed by atoms with Gasteiger partial charge in [0.05, 0.1) is 12.1 Å². The van der Waals surface area contributed by atoms with Crippen LogP contribution >= 0.6 is 0 Å². The number of benzene rings is 1. The van der Waals surface area contributed by atoms with E-state index in [1.54, 1.807) is 0 Å². The Labute approximate surface area is 118 Å². The zero-order valence-electron chi connectivity index (χ0n) is 13.1. The van der Waals surface area contributed by atoms with Crippen LogP contribution in [0.5, 0.6) is 0 Å². The van der Waals surface area contributed by atoms with Gasteiger partial charge in [0.2, 0.25) is 0 Å². The Morgan fingerprint density at radius 1 is 1.21 bits per heavy atom. The molecule has 108 valence electrons. The molecule has 2 unspecified atom stereocenters. The van der Waals surface area contributed by atoms with E-state index in [0.29, 0.717) is 5.92 Å². The summed E-state index contributed by atoms with van der Waals surface area (Å²) in [5, 5.41) is 3.41. The van der Waals surface area contributed by atoms with Crippen molar-refractivity contribution in [3.05, 3.63) is 35.4 Å². The Hall–Kier alpha value is -0.860. The fraction of sp³-hybridized carbons (Fsp3) is 0.647. The zero-order chi connectivity index (χ0) is 14.3. The summed E-state index contributed by atoms with van der Waals surface area (Å²) in [5.41, 5.74) is 2.75. The summed E-state index contributed by atoms with van der Waals surface area (Å²) >= 11 is 0. The lowest BCUT2D eigenvalue weighted by atomic mass is 9.95. The van der Waals surface area contributed by atoms with Gasteiger partial charge in [0.25, 0.3) is 0 Å². The van der Waals surface area contributed by atoms with Gasteiger partial charge in [-0.05, 0) is 43.9 Å². The molecule has 2 atom stereocenters. The normalized spacial score (nSPS) is 14.6. The van der Waals surface area contributed by atoms with Crippen LogP contribution in [0.15, 0.2) is 24.3 Å². The van der Waals surface area contributed by atoms with Gasteiger partial charge in [-0.15, -0.1) is 0 Å². The second kappa shape index (κ2) is 8.34. The molecule has 19 heavy (non-hydrogen) atoms. The molecule has 0 aliphatic rings. The molecule has 0 saturated heterocycles. The molecule has 2 heteroatoms. The summed E-state index contributed by atoms with van der Waals surface area (Å²) in [6.07, 6.45) is 2.40. The summed E-state index contributed by atoms with van der Waals surface area (Å²) in [6.45, 7) is 9.53. The van der Waals surface area contributed by atoms with E-state index in [2.05, 4.69) is 57.3 Å². The first-order valence-corrected chi connectivity index (χ1v) is 7.50. The maximum absolute atomic E-state index is 5.86. The molecule has 1 N–H and O–H groups in total. The third-order valence-electron chi connectivity index (χ3n) is 3.42. The number of ether oxygens (including phenoxy) is 1. The van der Waals surface area contributed by atoms with Crippen molar-refractivity contribution in [1.82, 2.24) is 5.32 Å². The van der Waals surface area contributed by atoms with E-state index in [0.717, 1.165) is 19.4 Å². The van der Waals surface area contributed by atoms with E-state index in [4.69, 9.17) is 4.74 Å². The molecule has 1 aromatic rings. The predicted molar refractivity (Wildman–Crippen MR) is 82.5 cm³/mol. The smallest absolute Gasteiger partial charge is 0.0766 e. The van der Waals surface area contributed by atoms with Crippen molar-refractivity contribution in [2.75, 3.05) is 13.7 Å². The van der Waals surface area contributed by atoms with Gasteiger partial charge in [-0.25, -0.2) is 0 Å². The van der Waals surface area contributed by atoms with Crippen LogP contribution in [-0.2, 0) is 11.2 Å². The molecule has 0 aliphatic heterocycles. The highest BCUT2D eigenvalue weighted by molar-refractivity contribution is 5.27. The van der Waals surface area contributed by atoms with Crippen molar-refractivity contribution in [2.45, 2.75) is 52.7 Å². The Kier molecular flexibility index (Phi) is 7.11. The molecule has 0 amide bonds. The highest BCUT2D eigenvalue weighted by Gasteiger charge is 2.20. The van der Waals surface area contributed by atoms with Gasteiger partial charge >= 0.3 is 0 Å². The summed E-state index contributed by atoms with van der Waals surface area (Å²) in [4.78, 5) is 0. The summed E-state index contributed by atoms with van der Waals surface area (Å²) < 4.78 is 5.86. The molecule has 0 bridgehead atoms. The van der Waals surface area contributed by atoms with E-state index in [1.807, 2.05) is 7.05 Å². The Bertz CT molecular complexity index is 362. The Morgan fingerprint density at radius 2 is 1.95 bits per heavy atom. The summed E-state index contributed by atoms with van der Waals surface area (Å²) in [7, 11) is 2.02. The van der Waals surface area contributed by atoms with Crippen molar-refractivity contribution in [2.24, 2.45) is 5.92 Å². The van der Waals surface area contributed by atoms with Crippen molar-refractivity contribution >= 4 is 0 Å². The van der Waals surface area contributed by atoms with Crippen LogP contribution in [0.3, 0.4) is 0 Å². The van der Waals surface area contributed by atoms with Crippen molar-refractivity contribution in [1.29, 1.82) is 0 Å². The van der Waals surface area contributed by atoms with Crippen LogP contribution in [0.25, 0.3) is 0 Å². The molecule has 1 rings (SSSR count). The molecule has 0 aliphatic carbocycles. The van der Waals surface area contributed by atoms with Gasteiger partial charge < -0.3 is 10.1 Å². The van der Waals surface area contributed by atoms with Crippen LogP contribution < -0.4 is 5.32 Å². The zero-order valence-corrected chi connectivity index (χ0v) is 13.1. The Balaban J connectivity index is 2.90. The van der Waals surface area contributed by atoms with Gasteiger partial charge in [-0.2, -0.15) is 0 Å². The van der Waals surface area contributed by atoms with E-state index in [-0.39, 0.29) is 12.1 Å². The van der Waals surface area contributed by atoms with Crippen LogP contribution in [0, 0.1) is 5.92 Å². The van der Waals surface area contributed by atoms with Crippen LogP contribution in [-0.4, -0.2) is 19.8 Å². The van der Waals surface area contributed by atoms with Gasteiger partial charge in [-0.3, -0.25) is 0 Å². The van der Waals surface area contributed by atoms with Crippen molar-refractivity contribution in [3.8, 4) is 0 Å². The molecule has 1 aromatic carbocycles. The lowest BCUT2D eigenvalue weighted by molar-refractivity contribution is 0.0334. The fourth-order valence-corrected chi connectivity index (χ4v) is 2.62. The van der Waals surface area contributed by atoms with Crippen LogP contribution in [0.1, 0.15) is 51.3 Å². The summed E-state index contributed by atoms with van der Waals surface area (Å²) in [6, 6.07) is 9.18. The first-order chi connectivity index (χ1) is 9.12. The molecule has 0 fully saturated rings. The van der Waals surface area contributed by atoms with Gasteiger partial charge in [0.1, 0.15) is 0 Å². The second-order valence-electron chi connectivity index (χ2n) is 5.51. The first kappa shape index (κ1) is 16.2. The SMILES string of the molecule is CCOC(CC)C(NC)c1cccc(CC(C)C)c1. The van der Waals surface area contributed by atoms with E-state index >= 15 is 0 Å². The first-order valence-electron chi connectivity index (χ1n) is 7.50. The number of likely N-dealkylation sites (N-methyl/N-ethyl adjacent to an activating group) is 1. The third-order valence-corrected chi connectivity index (χ3v) is 3.42. The van der Waals surface area contributed by atoms with Crippen LogP contribution in [0.2, 0.25) is 0 Å². The van der Waals surface area contributed by atoms with E-state index in [1.165, 1.54) is 11.1 Å². The molecule has 0 radical (unpaired) electrons. The van der Waals surface area contributed by atoms with Gasteiger partial charge in [0.15, 0.2) is 0 Å². The van der Waals surface area contributed by atoms with Crippen molar-refractivity contribution < 1.29 is 4.74 Å². The van der Waals surface area contributed by atoms with Gasteiger partial charge in [-0.1, -0.05) is 45.0 Å². The lowest BCUT2D eigenvalue weighted by Crippen LogP contribution is -2.31. The maximum Gasteiger partial charge on any atom is 0.0766 e. The maximum atomic E-state index is 5.86. The van der Waals surface area contributed by atoms with Crippen molar-refractivity contribution in [3.63, 3.8) is 0 Å². The predicted octanol–water partition coefficient (Wildman–Crippen LogP) is 3.96. The quantitative estimate of drug-likeness (QED) is 0.766. The second-order valence-corrected chi connectivity index (χ2v) is 5.51. The van der Waals surface area contributed by atoms with E-state index in [9.17, 15) is 0 Å². The minimum Gasteiger partial charge on any atom is -0.377 e. The molecule has 0 saturated carbocycles. The summed E-state index contributed by atoms with van der Waals surface area (Å²) in [5.74, 6) is 0.692. The highest BCUT2D eigenvalue weighted by atomic mass is 16.5. The molecule has 0 aromatic heterocycles. The molecular formula is C17H29NO. The van der Waals surface area contributed by atoms with Crippen LogP contribution in [0.4, 0.5) is 0 Å². The number of hydrogen-bond donors (Lipinski definition) is 1. The highest BCUT2D eigenvalue weighted by Crippen LogP contribution is 2.23.